The van der Waals surface area contributed by atoms with Gasteiger partial charge in [0.1, 0.15) is 18.5 Å². The van der Waals surface area contributed by atoms with Gasteiger partial charge in [0.15, 0.2) is 0 Å². The second-order valence-corrected chi connectivity index (χ2v) is 9.53. The van der Waals surface area contributed by atoms with Crippen LogP contribution in [0.2, 0.25) is 0 Å². The maximum atomic E-state index is 13.7. The molecule has 7 heteroatoms. The molecule has 3 heterocycles. The highest BCUT2D eigenvalue weighted by Crippen LogP contribution is 2.35. The first-order chi connectivity index (χ1) is 15.3. The minimum atomic E-state index is -0.400. The highest BCUT2D eigenvalue weighted by Gasteiger charge is 2.56. The monoisotopic (exact) mass is 433 g/mol. The van der Waals surface area contributed by atoms with Crippen molar-refractivity contribution in [2.24, 2.45) is 5.92 Å². The standard InChI is InChI=1S/C25H31N5O2/c1-16-10-17(2)12-20(11-16)28-13-18(3)14-29-21-22(26-24(28)29)27(4)25(32)30(23(21)31)15-19-8-6-5-7-9-19/h5-12,18,21-22,24,26H,13-15H2,1-4H3. The van der Waals surface area contributed by atoms with E-state index in [9.17, 15) is 9.59 Å². The molecule has 0 saturated carbocycles. The third-order valence-electron chi connectivity index (χ3n) is 6.81. The Hall–Kier alpha value is -2.90. The third-order valence-corrected chi connectivity index (χ3v) is 6.81. The molecule has 3 aliphatic rings. The van der Waals surface area contributed by atoms with Gasteiger partial charge in [-0.15, -0.1) is 0 Å². The lowest BCUT2D eigenvalue weighted by Crippen LogP contribution is -2.66. The van der Waals surface area contributed by atoms with E-state index < -0.39 is 6.04 Å². The maximum Gasteiger partial charge on any atom is 0.328 e. The fourth-order valence-corrected chi connectivity index (χ4v) is 5.45. The fourth-order valence-electron chi connectivity index (χ4n) is 5.45. The van der Waals surface area contributed by atoms with Crippen molar-refractivity contribution < 1.29 is 9.59 Å². The molecular weight excluding hydrogens is 402 g/mol. The van der Waals surface area contributed by atoms with Gasteiger partial charge in [0.05, 0.1) is 6.54 Å². The number of aryl methyl sites for hydroxylation is 2. The highest BCUT2D eigenvalue weighted by atomic mass is 16.2. The third kappa shape index (κ3) is 3.45. The first-order valence-corrected chi connectivity index (χ1v) is 11.3. The summed E-state index contributed by atoms with van der Waals surface area (Å²) in [7, 11) is 1.79. The van der Waals surface area contributed by atoms with Crippen molar-refractivity contribution in [2.75, 3.05) is 25.0 Å². The largest absolute Gasteiger partial charge is 0.343 e. The number of anilines is 1. The lowest BCUT2D eigenvalue weighted by Gasteiger charge is -2.46. The minimum Gasteiger partial charge on any atom is -0.343 e. The number of amides is 3. The number of urea groups is 1. The van der Waals surface area contributed by atoms with Crippen LogP contribution in [0.5, 0.6) is 0 Å². The van der Waals surface area contributed by atoms with E-state index in [1.807, 2.05) is 30.3 Å². The number of fused-ring (bicyclic) bond motifs is 3. The van der Waals surface area contributed by atoms with Crippen LogP contribution in [-0.4, -0.2) is 65.3 Å². The number of benzene rings is 2. The fraction of sp³-hybridized carbons (Fsp3) is 0.440. The number of hydrogen-bond donors (Lipinski definition) is 1. The van der Waals surface area contributed by atoms with Gasteiger partial charge < -0.3 is 9.80 Å². The lowest BCUT2D eigenvalue weighted by atomic mass is 10.0. The van der Waals surface area contributed by atoms with Crippen molar-refractivity contribution in [3.8, 4) is 0 Å². The zero-order valence-corrected chi connectivity index (χ0v) is 19.2. The molecule has 0 radical (unpaired) electrons. The number of nitrogens with zero attached hydrogens (tertiary/aromatic N) is 4. The van der Waals surface area contributed by atoms with Crippen molar-refractivity contribution >= 4 is 17.6 Å². The predicted octanol–water partition coefficient (Wildman–Crippen LogP) is 2.74. The molecule has 3 aliphatic heterocycles. The minimum absolute atomic E-state index is 0.119. The molecule has 168 valence electrons. The molecule has 2 aromatic carbocycles. The van der Waals surface area contributed by atoms with Crippen LogP contribution in [0, 0.1) is 19.8 Å². The Morgan fingerprint density at radius 2 is 1.69 bits per heavy atom. The summed E-state index contributed by atoms with van der Waals surface area (Å²) < 4.78 is 0. The molecule has 4 unspecified atom stereocenters. The summed E-state index contributed by atoms with van der Waals surface area (Å²) in [6, 6.07) is 15.6. The molecule has 0 aromatic heterocycles. The van der Waals surface area contributed by atoms with Gasteiger partial charge in [0.2, 0.25) is 0 Å². The molecule has 4 atom stereocenters. The molecule has 3 saturated heterocycles. The Morgan fingerprint density at radius 3 is 2.38 bits per heavy atom. The topological polar surface area (TPSA) is 59.1 Å². The van der Waals surface area contributed by atoms with Crippen LogP contribution < -0.4 is 10.2 Å². The van der Waals surface area contributed by atoms with E-state index in [2.05, 4.69) is 54.1 Å². The molecule has 32 heavy (non-hydrogen) atoms. The first kappa shape index (κ1) is 21.0. The maximum absolute atomic E-state index is 13.7. The van der Waals surface area contributed by atoms with Crippen LogP contribution in [0.1, 0.15) is 23.6 Å². The Bertz CT molecular complexity index is 1020. The van der Waals surface area contributed by atoms with Gasteiger partial charge in [-0.05, 0) is 48.6 Å². The van der Waals surface area contributed by atoms with Gasteiger partial charge >= 0.3 is 6.03 Å². The van der Waals surface area contributed by atoms with E-state index in [0.29, 0.717) is 12.5 Å². The Kier molecular flexibility index (Phi) is 5.18. The number of hydrogen-bond acceptors (Lipinski definition) is 5. The second kappa shape index (κ2) is 7.90. The van der Waals surface area contributed by atoms with Crippen LogP contribution in [0.25, 0.3) is 0 Å². The number of likely N-dealkylation sites (N-methyl/N-ethyl adjacent to an activating group) is 1. The molecule has 1 N–H and O–H groups in total. The van der Waals surface area contributed by atoms with Gasteiger partial charge in [-0.2, -0.15) is 0 Å². The highest BCUT2D eigenvalue weighted by molar-refractivity contribution is 6.00. The van der Waals surface area contributed by atoms with E-state index in [4.69, 9.17) is 0 Å². The molecule has 3 amide bonds. The van der Waals surface area contributed by atoms with Gasteiger partial charge in [0, 0.05) is 25.8 Å². The SMILES string of the molecule is Cc1cc(C)cc(N2CC(C)CN3C4C(=O)N(Cc5ccccc5)C(=O)N(C)C4NC23)c1. The molecule has 0 spiro atoms. The molecule has 3 fully saturated rings. The average Bonchev–Trinajstić information content (AvgIpc) is 3.14. The molecule has 7 nitrogen and oxygen atoms in total. The van der Waals surface area contributed by atoms with E-state index in [-0.39, 0.29) is 24.4 Å². The van der Waals surface area contributed by atoms with Crippen molar-refractivity contribution in [2.45, 2.75) is 45.8 Å². The van der Waals surface area contributed by atoms with E-state index in [1.165, 1.54) is 16.0 Å². The number of nitrogens with one attached hydrogen (secondary N) is 1. The number of carbonyl (C=O) groups is 2. The van der Waals surface area contributed by atoms with E-state index in [1.54, 1.807) is 11.9 Å². The van der Waals surface area contributed by atoms with Crippen LogP contribution in [-0.2, 0) is 11.3 Å². The number of imide groups is 1. The first-order valence-electron chi connectivity index (χ1n) is 11.3. The smallest absolute Gasteiger partial charge is 0.328 e. The van der Waals surface area contributed by atoms with Crippen molar-refractivity contribution in [1.29, 1.82) is 0 Å². The molecule has 0 bridgehead atoms. The quantitative estimate of drug-likeness (QED) is 0.807. The predicted molar refractivity (Wildman–Crippen MR) is 124 cm³/mol. The van der Waals surface area contributed by atoms with Gasteiger partial charge in [0.25, 0.3) is 5.91 Å². The zero-order chi connectivity index (χ0) is 22.6. The summed E-state index contributed by atoms with van der Waals surface area (Å²) in [5.41, 5.74) is 4.54. The second-order valence-electron chi connectivity index (χ2n) is 9.53. The Labute approximate surface area is 189 Å². The summed E-state index contributed by atoms with van der Waals surface area (Å²) in [6.45, 7) is 8.45. The summed E-state index contributed by atoms with van der Waals surface area (Å²) >= 11 is 0. The number of carbonyl (C=O) groups excluding carboxylic acids is 2. The Balaban J connectivity index is 1.47. The summed E-state index contributed by atoms with van der Waals surface area (Å²) in [4.78, 5) is 34.5. The number of rotatable bonds is 3. The van der Waals surface area contributed by atoms with Gasteiger partial charge in [-0.25, -0.2) is 4.79 Å². The van der Waals surface area contributed by atoms with Crippen LogP contribution in [0.15, 0.2) is 48.5 Å². The molecular formula is C25H31N5O2. The van der Waals surface area contributed by atoms with Crippen molar-refractivity contribution in [3.05, 3.63) is 65.2 Å². The summed E-state index contributed by atoms with van der Waals surface area (Å²) in [5, 5.41) is 3.61. The van der Waals surface area contributed by atoms with Crippen molar-refractivity contribution in [3.63, 3.8) is 0 Å². The van der Waals surface area contributed by atoms with Crippen LogP contribution in [0.3, 0.4) is 0 Å². The van der Waals surface area contributed by atoms with E-state index >= 15 is 0 Å². The van der Waals surface area contributed by atoms with E-state index in [0.717, 1.165) is 24.3 Å². The molecule has 2 aromatic rings. The molecule has 5 rings (SSSR count). The van der Waals surface area contributed by atoms with Crippen molar-refractivity contribution in [1.82, 2.24) is 20.0 Å². The Morgan fingerprint density at radius 1 is 1.00 bits per heavy atom. The lowest BCUT2D eigenvalue weighted by molar-refractivity contribution is -0.139. The van der Waals surface area contributed by atoms with Crippen LogP contribution >= 0.6 is 0 Å². The normalized spacial score (nSPS) is 28.2. The summed E-state index contributed by atoms with van der Waals surface area (Å²) in [6.07, 6.45) is -0.469. The van der Waals surface area contributed by atoms with Crippen LogP contribution in [0.4, 0.5) is 10.5 Å². The molecule has 0 aliphatic carbocycles. The zero-order valence-electron chi connectivity index (χ0n) is 19.2. The van der Waals surface area contributed by atoms with Gasteiger partial charge in [-0.3, -0.25) is 19.9 Å². The van der Waals surface area contributed by atoms with Gasteiger partial charge in [-0.1, -0.05) is 43.3 Å². The average molecular weight is 434 g/mol. The summed E-state index contributed by atoms with van der Waals surface area (Å²) in [5.74, 6) is 0.275.